The minimum atomic E-state index is -1.47. The molecule has 0 fully saturated rings. The molecule has 4 aromatic heterocycles. The lowest BCUT2D eigenvalue weighted by Gasteiger charge is -2.10. The van der Waals surface area contributed by atoms with Crippen LogP contribution in [0, 0.1) is 94.4 Å². The van der Waals surface area contributed by atoms with Crippen LogP contribution in [-0.4, -0.2) is 26.2 Å². The third-order valence-corrected chi connectivity index (χ3v) is 18.7. The minimum Gasteiger partial charge on any atom is -0.279 e. The number of thiophene rings is 4. The highest BCUT2D eigenvalue weighted by Crippen LogP contribution is 2.28. The van der Waals surface area contributed by atoms with Crippen LogP contribution in [0.4, 0.5) is 5.69 Å². The van der Waals surface area contributed by atoms with Gasteiger partial charge in [0.15, 0.2) is 0 Å². The Kier molecular flexibility index (Phi) is 25.0. The summed E-state index contributed by atoms with van der Waals surface area (Å²) in [6.07, 6.45) is 13.0. The molecule has 434 valence electrons. The Balaban J connectivity index is 0.894. The molecule has 0 bridgehead atoms. The molecule has 0 aliphatic rings. The molecular weight excluding hydrogens is 1150 g/mol. The number of nitrogens with zero attached hydrogens (tertiary/aromatic N) is 3. The first-order chi connectivity index (χ1) is 42.4. The highest BCUT2D eigenvalue weighted by atomic mass is 32.1. The quantitative estimate of drug-likeness (QED) is 0.0410. The van der Waals surface area contributed by atoms with Crippen LogP contribution in [0.1, 0.15) is 193 Å². The average molecular weight is 1220 g/mol. The van der Waals surface area contributed by atoms with Gasteiger partial charge in [-0.2, -0.15) is 0 Å². The van der Waals surface area contributed by atoms with Gasteiger partial charge >= 0.3 is 0 Å². The summed E-state index contributed by atoms with van der Waals surface area (Å²) in [7, 11) is -1.47. The van der Waals surface area contributed by atoms with Crippen molar-refractivity contribution < 1.29 is 0 Å². The number of hydrogen-bond acceptors (Lipinski definition) is 6. The summed E-state index contributed by atoms with van der Waals surface area (Å²) in [5, 5.41) is 10.6. The Labute approximate surface area is 537 Å². The van der Waals surface area contributed by atoms with Crippen molar-refractivity contribution in [3.05, 3.63) is 222 Å². The van der Waals surface area contributed by atoms with Gasteiger partial charge in [-0.1, -0.05) is 167 Å². The summed E-state index contributed by atoms with van der Waals surface area (Å²) in [5.41, 5.74) is 16.2. The molecule has 0 unspecified atom stereocenters. The fraction of sp³-hybridized carbons (Fsp3) is 0.291. The van der Waals surface area contributed by atoms with Gasteiger partial charge in [-0.3, -0.25) is 5.01 Å². The van der Waals surface area contributed by atoms with Crippen LogP contribution >= 0.6 is 45.3 Å². The van der Waals surface area contributed by atoms with Crippen LogP contribution in [0.25, 0.3) is 0 Å². The van der Waals surface area contributed by atoms with Crippen LogP contribution in [0.2, 0.25) is 19.6 Å². The minimum absolute atomic E-state index is 0.813. The summed E-state index contributed by atoms with van der Waals surface area (Å²) < 4.78 is 0. The topological polar surface area (TPSA) is 28.0 Å². The number of hydrogen-bond donors (Lipinski definition) is 0. The van der Waals surface area contributed by atoms with E-state index in [0.29, 0.717) is 0 Å². The molecule has 8 heteroatoms. The number of unbranched alkanes of at least 4 members (excludes halogenated alkanes) is 4. The predicted octanol–water partition coefficient (Wildman–Crippen LogP) is 19.7. The monoisotopic (exact) mass is 1220 g/mol. The molecule has 3 nitrogen and oxygen atoms in total. The molecule has 0 N–H and O–H groups in total. The van der Waals surface area contributed by atoms with E-state index in [2.05, 4.69) is 263 Å². The van der Waals surface area contributed by atoms with E-state index in [1.54, 1.807) is 45.3 Å². The normalized spacial score (nSPS) is 10.4. The van der Waals surface area contributed by atoms with E-state index in [0.717, 1.165) is 162 Å². The first-order valence-corrected chi connectivity index (χ1v) is 37.4. The molecule has 0 aliphatic heterocycles. The molecule has 0 saturated heterocycles. The van der Waals surface area contributed by atoms with Gasteiger partial charge < -0.3 is 0 Å². The highest BCUT2D eigenvalue weighted by Gasteiger charge is 2.12. The fourth-order valence-corrected chi connectivity index (χ4v) is 13.0. The molecule has 8 aromatic rings. The molecule has 0 amide bonds. The van der Waals surface area contributed by atoms with Crippen LogP contribution in [0.15, 0.2) is 132 Å². The van der Waals surface area contributed by atoms with Gasteiger partial charge in [0.1, 0.15) is 8.07 Å². The summed E-state index contributed by atoms with van der Waals surface area (Å²) in [6, 6.07) is 41.6. The van der Waals surface area contributed by atoms with Crippen molar-refractivity contribution in [2.45, 2.75) is 138 Å². The Morgan fingerprint density at radius 3 is 0.839 bits per heavy atom. The second-order valence-electron chi connectivity index (χ2n) is 22.1. The van der Waals surface area contributed by atoms with Gasteiger partial charge in [-0.05, 0) is 209 Å². The van der Waals surface area contributed by atoms with E-state index >= 15 is 0 Å². The molecule has 0 spiro atoms. The standard InChI is InChI=1S/C79H75N3S4Si/c1-10-16-20-67-56-72(48-39-61-26-32-64(33-27-61)44-53-78-69(22-18-12-3)58-74(85-78)50-41-66-36-45-71(46-37-66)80-81-82(14-5)15-6)83-76(67)51-42-63-30-24-60(25-31-63)38-47-73-57-68(21-17-11-2)77(84-73)52-43-65-34-28-62(29-35-65)40-49-75-59-70(23-19-13-4)79(86-75)54-55-87(7,8)9/h24-37,45-46,56-59H,10-23H2,1-9H3. The van der Waals surface area contributed by atoms with Crippen LogP contribution in [0.5, 0.6) is 0 Å². The second-order valence-corrected chi connectivity index (χ2v) is 31.1. The smallest absolute Gasteiger partial charge is 0.129 e. The van der Waals surface area contributed by atoms with Crippen molar-refractivity contribution in [1.82, 2.24) is 5.01 Å². The zero-order valence-electron chi connectivity index (χ0n) is 51.9. The first kappa shape index (κ1) is 64.8. The Hall–Kier alpha value is -8.22. The number of benzene rings is 4. The Morgan fingerprint density at radius 1 is 0.333 bits per heavy atom. The van der Waals surface area contributed by atoms with Crippen LogP contribution in [0.3, 0.4) is 0 Å². The maximum Gasteiger partial charge on any atom is 0.129 e. The lowest BCUT2D eigenvalue weighted by Crippen LogP contribution is -2.16. The van der Waals surface area contributed by atoms with Crippen molar-refractivity contribution in [3.63, 3.8) is 0 Å². The van der Waals surface area contributed by atoms with E-state index in [9.17, 15) is 0 Å². The van der Waals surface area contributed by atoms with Gasteiger partial charge in [0.2, 0.25) is 0 Å². The average Bonchev–Trinajstić information content (AvgIpc) is 3.77. The van der Waals surface area contributed by atoms with Crippen molar-refractivity contribution in [2.75, 3.05) is 13.1 Å². The third-order valence-electron chi connectivity index (χ3n) is 13.8. The number of rotatable bonds is 16. The lowest BCUT2D eigenvalue weighted by atomic mass is 10.1. The van der Waals surface area contributed by atoms with E-state index < -0.39 is 8.07 Å². The summed E-state index contributed by atoms with van der Waals surface area (Å²) in [4.78, 5) is 8.56. The molecule has 8 rings (SSSR count). The van der Waals surface area contributed by atoms with Crippen molar-refractivity contribution >= 4 is 59.1 Å². The SMILES string of the molecule is CCCCc1cc(C#Cc2ccc(C#Cc3sc(C#Cc4ccc(C#Cc5sc(C#Cc6ccc(N=NN(CC)CC)cc6)cc5CCCC)cc4)cc3CCCC)cc2)sc1C#Cc1ccc(C#Cc2cc(CCCC)c(C#C[Si](C)(C)C)s2)cc1. The zero-order chi connectivity index (χ0) is 61.2. The summed E-state index contributed by atoms with van der Waals surface area (Å²) in [5.74, 6) is 51.5. The fourth-order valence-electron chi connectivity index (χ4n) is 8.75. The highest BCUT2D eigenvalue weighted by molar-refractivity contribution is 7.14. The Bertz CT molecular complexity index is 4190. The largest absolute Gasteiger partial charge is 0.279 e. The third kappa shape index (κ3) is 21.0. The molecule has 0 saturated carbocycles. The molecular formula is C79H75N3S4Si. The first-order valence-electron chi connectivity index (χ1n) is 30.6. The van der Waals surface area contributed by atoms with Crippen molar-refractivity contribution in [2.24, 2.45) is 10.3 Å². The molecule has 87 heavy (non-hydrogen) atoms. The number of aryl methyl sites for hydroxylation is 4. The Morgan fingerprint density at radius 2 is 0.586 bits per heavy atom. The van der Waals surface area contributed by atoms with Gasteiger partial charge in [-0.25, -0.2) is 0 Å². The zero-order valence-corrected chi connectivity index (χ0v) is 56.2. The van der Waals surface area contributed by atoms with Crippen molar-refractivity contribution in [1.29, 1.82) is 0 Å². The van der Waals surface area contributed by atoms with Gasteiger partial charge in [-0.15, -0.1) is 56.0 Å². The molecule has 4 aromatic carbocycles. The molecule has 0 radical (unpaired) electrons. The maximum absolute atomic E-state index is 4.36. The van der Waals surface area contributed by atoms with E-state index in [1.165, 1.54) is 33.6 Å². The van der Waals surface area contributed by atoms with Gasteiger partial charge in [0, 0.05) is 52.0 Å². The lowest BCUT2D eigenvalue weighted by molar-refractivity contribution is 0.301. The van der Waals surface area contributed by atoms with Crippen LogP contribution < -0.4 is 0 Å². The predicted molar refractivity (Wildman–Crippen MR) is 377 cm³/mol. The van der Waals surface area contributed by atoms with Gasteiger partial charge in [0.05, 0.1) is 44.7 Å². The van der Waals surface area contributed by atoms with E-state index in [-0.39, 0.29) is 0 Å². The maximum atomic E-state index is 4.36. The van der Waals surface area contributed by atoms with E-state index in [1.807, 2.05) is 29.3 Å². The van der Waals surface area contributed by atoms with Crippen molar-refractivity contribution in [3.8, 4) is 94.4 Å². The van der Waals surface area contributed by atoms with E-state index in [4.69, 9.17) is 0 Å². The van der Waals surface area contributed by atoms with Crippen LogP contribution in [-0.2, 0) is 25.7 Å². The summed E-state index contributed by atoms with van der Waals surface area (Å²) in [6.45, 7) is 21.6. The molecule has 0 atom stereocenters. The molecule has 4 heterocycles. The van der Waals surface area contributed by atoms with Gasteiger partial charge in [0.25, 0.3) is 0 Å². The summed E-state index contributed by atoms with van der Waals surface area (Å²) >= 11 is 6.74. The second kappa shape index (κ2) is 33.6. The molecule has 0 aliphatic carbocycles.